The van der Waals surface area contributed by atoms with E-state index in [1.807, 2.05) is 17.2 Å². The Morgan fingerprint density at radius 2 is 2.40 bits per heavy atom. The number of aryl methyl sites for hydroxylation is 1. The molecule has 1 saturated heterocycles. The average molecular weight is 273 g/mol. The van der Waals surface area contributed by atoms with E-state index in [4.69, 9.17) is 4.98 Å². The number of urea groups is 1. The van der Waals surface area contributed by atoms with Crippen molar-refractivity contribution in [1.29, 1.82) is 0 Å². The van der Waals surface area contributed by atoms with Crippen LogP contribution in [0.1, 0.15) is 25.1 Å². The van der Waals surface area contributed by atoms with Crippen molar-refractivity contribution in [3.63, 3.8) is 0 Å². The van der Waals surface area contributed by atoms with E-state index in [-0.39, 0.29) is 6.03 Å². The molecular weight excluding hydrogens is 254 g/mol. The smallest absolute Gasteiger partial charge is 0.317 e. The Kier molecular flexibility index (Phi) is 3.30. The number of hydrogen-bond donors (Lipinski definition) is 1. The molecule has 106 valence electrons. The van der Waals surface area contributed by atoms with Gasteiger partial charge in [-0.3, -0.25) is 4.98 Å². The van der Waals surface area contributed by atoms with Gasteiger partial charge in [0.05, 0.1) is 17.2 Å². The topological polar surface area (TPSA) is 63.1 Å². The molecule has 0 aliphatic carbocycles. The van der Waals surface area contributed by atoms with Crippen LogP contribution in [0.2, 0.25) is 0 Å². The van der Waals surface area contributed by atoms with Crippen LogP contribution in [0, 0.1) is 0 Å². The number of aromatic nitrogens is 3. The van der Waals surface area contributed by atoms with Crippen LogP contribution >= 0.6 is 0 Å². The van der Waals surface area contributed by atoms with Crippen molar-refractivity contribution < 1.29 is 4.79 Å². The van der Waals surface area contributed by atoms with Crippen molar-refractivity contribution >= 4 is 17.1 Å². The molecule has 1 atom stereocenters. The average Bonchev–Trinajstić information content (AvgIpc) is 3.10. The van der Waals surface area contributed by atoms with Gasteiger partial charge in [0.2, 0.25) is 0 Å². The first-order valence-corrected chi connectivity index (χ1v) is 7.01. The summed E-state index contributed by atoms with van der Waals surface area (Å²) in [6.07, 6.45) is 4.59. The highest BCUT2D eigenvalue weighted by Crippen LogP contribution is 2.29. The number of hydrogen-bond acceptors (Lipinski definition) is 3. The van der Waals surface area contributed by atoms with Gasteiger partial charge < -0.3 is 14.8 Å². The highest BCUT2D eigenvalue weighted by molar-refractivity contribution is 5.75. The van der Waals surface area contributed by atoms with Crippen molar-refractivity contribution in [3.8, 4) is 0 Å². The molecule has 1 N–H and O–H groups in total. The van der Waals surface area contributed by atoms with Crippen LogP contribution in [-0.2, 0) is 6.54 Å². The Labute approximate surface area is 117 Å². The minimum atomic E-state index is -0.00618. The molecule has 1 aliphatic rings. The number of carbonyl (C=O) groups excluding carboxylic acids is 1. The summed E-state index contributed by atoms with van der Waals surface area (Å²) in [6.45, 7) is 4.50. The predicted octanol–water partition coefficient (Wildman–Crippen LogP) is 1.58. The van der Waals surface area contributed by atoms with Gasteiger partial charge in [0.1, 0.15) is 5.82 Å². The van der Waals surface area contributed by atoms with E-state index in [2.05, 4.69) is 21.8 Å². The minimum Gasteiger partial charge on any atom is -0.341 e. The van der Waals surface area contributed by atoms with Crippen molar-refractivity contribution in [2.24, 2.45) is 0 Å². The molecule has 2 amide bonds. The highest BCUT2D eigenvalue weighted by Gasteiger charge is 2.30. The van der Waals surface area contributed by atoms with Crippen LogP contribution in [0.15, 0.2) is 18.5 Å². The number of nitrogens with zero attached hydrogens (tertiary/aromatic N) is 4. The van der Waals surface area contributed by atoms with Crippen molar-refractivity contribution in [2.45, 2.75) is 25.8 Å². The Morgan fingerprint density at radius 1 is 1.55 bits per heavy atom. The van der Waals surface area contributed by atoms with Gasteiger partial charge in [-0.15, -0.1) is 0 Å². The van der Waals surface area contributed by atoms with Gasteiger partial charge in [-0.2, -0.15) is 0 Å². The maximum Gasteiger partial charge on any atom is 0.317 e. The monoisotopic (exact) mass is 273 g/mol. The van der Waals surface area contributed by atoms with Gasteiger partial charge in [0, 0.05) is 38.8 Å². The molecule has 1 aliphatic heterocycles. The summed E-state index contributed by atoms with van der Waals surface area (Å²) >= 11 is 0. The largest absolute Gasteiger partial charge is 0.341 e. The maximum absolute atomic E-state index is 11.7. The van der Waals surface area contributed by atoms with Crippen molar-refractivity contribution in [2.75, 3.05) is 20.1 Å². The number of rotatable bonds is 2. The van der Waals surface area contributed by atoms with E-state index in [0.29, 0.717) is 5.92 Å². The van der Waals surface area contributed by atoms with Crippen LogP contribution < -0.4 is 5.32 Å². The van der Waals surface area contributed by atoms with E-state index in [0.717, 1.165) is 42.9 Å². The van der Waals surface area contributed by atoms with Crippen LogP contribution in [0.5, 0.6) is 0 Å². The summed E-state index contributed by atoms with van der Waals surface area (Å²) in [4.78, 5) is 22.5. The molecule has 0 aromatic carbocycles. The second-order valence-electron chi connectivity index (χ2n) is 5.07. The summed E-state index contributed by atoms with van der Waals surface area (Å²) in [7, 11) is 1.67. The van der Waals surface area contributed by atoms with Crippen molar-refractivity contribution in [3.05, 3.63) is 24.3 Å². The number of nitrogens with one attached hydrogen (secondary N) is 1. The van der Waals surface area contributed by atoms with Crippen LogP contribution in [0.3, 0.4) is 0 Å². The molecule has 0 spiro atoms. The first kappa shape index (κ1) is 12.9. The summed E-state index contributed by atoms with van der Waals surface area (Å²) in [6, 6.07) is 1.93. The lowest BCUT2D eigenvalue weighted by Crippen LogP contribution is -2.36. The summed E-state index contributed by atoms with van der Waals surface area (Å²) in [5.41, 5.74) is 2.05. The molecule has 0 radical (unpaired) electrons. The summed E-state index contributed by atoms with van der Waals surface area (Å²) in [5.74, 6) is 1.38. The minimum absolute atomic E-state index is 0.00618. The third kappa shape index (κ3) is 2.01. The Bertz CT molecular complexity index is 636. The highest BCUT2D eigenvalue weighted by atomic mass is 16.2. The number of likely N-dealkylation sites (tertiary alicyclic amines) is 1. The molecular formula is C14H19N5O. The number of pyridine rings is 1. The number of carbonyl (C=O) groups is 1. The zero-order valence-electron chi connectivity index (χ0n) is 11.8. The molecule has 0 bridgehead atoms. The summed E-state index contributed by atoms with van der Waals surface area (Å²) in [5, 5.41) is 2.68. The van der Waals surface area contributed by atoms with E-state index in [9.17, 15) is 4.79 Å². The fraction of sp³-hybridized carbons (Fsp3) is 0.500. The van der Waals surface area contributed by atoms with Crippen LogP contribution in [0.4, 0.5) is 4.79 Å². The zero-order valence-corrected chi connectivity index (χ0v) is 11.8. The normalized spacial score (nSPS) is 18.7. The van der Waals surface area contributed by atoms with Crippen LogP contribution in [-0.4, -0.2) is 45.6 Å². The van der Waals surface area contributed by atoms with Crippen molar-refractivity contribution in [1.82, 2.24) is 24.8 Å². The first-order chi connectivity index (χ1) is 9.74. The molecule has 0 unspecified atom stereocenters. The fourth-order valence-corrected chi connectivity index (χ4v) is 2.95. The summed E-state index contributed by atoms with van der Waals surface area (Å²) < 4.78 is 2.21. The lowest BCUT2D eigenvalue weighted by atomic mass is 10.1. The van der Waals surface area contributed by atoms with Gasteiger partial charge in [-0.05, 0) is 19.4 Å². The lowest BCUT2D eigenvalue weighted by Gasteiger charge is -2.16. The fourth-order valence-electron chi connectivity index (χ4n) is 2.95. The predicted molar refractivity (Wildman–Crippen MR) is 76.6 cm³/mol. The molecule has 3 heterocycles. The molecule has 6 nitrogen and oxygen atoms in total. The molecule has 2 aromatic rings. The lowest BCUT2D eigenvalue weighted by molar-refractivity contribution is 0.210. The van der Waals surface area contributed by atoms with E-state index >= 15 is 0 Å². The Morgan fingerprint density at radius 3 is 3.15 bits per heavy atom. The molecule has 0 saturated carbocycles. The second kappa shape index (κ2) is 5.11. The Balaban J connectivity index is 1.93. The van der Waals surface area contributed by atoms with Gasteiger partial charge in [0.25, 0.3) is 0 Å². The standard InChI is InChI=1S/C14H19N5O/c1-3-19-12-8-16-6-4-11(12)17-13(19)10-5-7-18(9-10)14(20)15-2/h4,6,8,10H,3,5,7,9H2,1-2H3,(H,15,20)/t10-/m1/s1. The van der Waals surface area contributed by atoms with E-state index in [1.165, 1.54) is 0 Å². The van der Waals surface area contributed by atoms with Crippen LogP contribution in [0.25, 0.3) is 11.0 Å². The first-order valence-electron chi connectivity index (χ1n) is 7.01. The maximum atomic E-state index is 11.7. The quantitative estimate of drug-likeness (QED) is 0.903. The molecule has 6 heteroatoms. The van der Waals surface area contributed by atoms with Gasteiger partial charge in [0.15, 0.2) is 0 Å². The van der Waals surface area contributed by atoms with E-state index in [1.54, 1.807) is 13.2 Å². The van der Waals surface area contributed by atoms with Gasteiger partial charge in [-0.1, -0.05) is 0 Å². The second-order valence-corrected chi connectivity index (χ2v) is 5.07. The number of fused-ring (bicyclic) bond motifs is 1. The SMILES string of the molecule is CCn1c([C@@H]2CCN(C(=O)NC)C2)nc2ccncc21. The molecule has 2 aromatic heterocycles. The molecule has 3 rings (SSSR count). The molecule has 20 heavy (non-hydrogen) atoms. The number of imidazole rings is 1. The van der Waals surface area contributed by atoms with Gasteiger partial charge >= 0.3 is 6.03 Å². The van der Waals surface area contributed by atoms with E-state index < -0.39 is 0 Å². The third-order valence-corrected chi connectivity index (χ3v) is 3.95. The Hall–Kier alpha value is -2.11. The zero-order chi connectivity index (χ0) is 14.1. The number of amides is 2. The third-order valence-electron chi connectivity index (χ3n) is 3.95. The molecule has 1 fully saturated rings. The van der Waals surface area contributed by atoms with Gasteiger partial charge in [-0.25, -0.2) is 9.78 Å².